The third-order valence-corrected chi connectivity index (χ3v) is 6.15. The first-order valence-electron chi connectivity index (χ1n) is 11.0. The first-order chi connectivity index (χ1) is 16.4. The van der Waals surface area contributed by atoms with Crippen LogP contribution in [0.5, 0.6) is 11.5 Å². The van der Waals surface area contributed by atoms with E-state index >= 15 is 0 Å². The lowest BCUT2D eigenvalue weighted by molar-refractivity contribution is -0.133. The van der Waals surface area contributed by atoms with Gasteiger partial charge in [-0.3, -0.25) is 4.79 Å². The smallest absolute Gasteiger partial charge is 0.322 e. The standard InChI is InChI=1S/C26H31N3O4S/c1-19(2)29(26(31)27-21-13-22(32-3)15-23(14-21)33-4)18-25(30)28(17-24-11-8-12-34-24)16-20-9-6-5-7-10-20/h5-15,19H,16-18H2,1-4H3,(H,27,31). The first-order valence-corrected chi connectivity index (χ1v) is 11.9. The number of hydrogen-bond acceptors (Lipinski definition) is 5. The van der Waals surface area contributed by atoms with E-state index in [1.807, 2.05) is 61.7 Å². The van der Waals surface area contributed by atoms with Crippen molar-refractivity contribution in [1.29, 1.82) is 0 Å². The predicted molar refractivity (Wildman–Crippen MR) is 135 cm³/mol. The van der Waals surface area contributed by atoms with Gasteiger partial charge in [-0.2, -0.15) is 0 Å². The van der Waals surface area contributed by atoms with Crippen LogP contribution >= 0.6 is 11.3 Å². The fraction of sp³-hybridized carbons (Fsp3) is 0.308. The van der Waals surface area contributed by atoms with Gasteiger partial charge in [0.25, 0.3) is 0 Å². The molecule has 0 radical (unpaired) electrons. The van der Waals surface area contributed by atoms with Crippen LogP contribution in [0.15, 0.2) is 66.0 Å². The number of amides is 3. The van der Waals surface area contributed by atoms with E-state index < -0.39 is 0 Å². The van der Waals surface area contributed by atoms with Gasteiger partial charge in [0.05, 0.1) is 20.8 Å². The van der Waals surface area contributed by atoms with E-state index in [1.54, 1.807) is 48.7 Å². The maximum atomic E-state index is 13.4. The van der Waals surface area contributed by atoms with Gasteiger partial charge in [0.1, 0.15) is 18.0 Å². The van der Waals surface area contributed by atoms with Crippen molar-refractivity contribution in [1.82, 2.24) is 9.80 Å². The van der Waals surface area contributed by atoms with Crippen molar-refractivity contribution in [2.45, 2.75) is 33.0 Å². The van der Waals surface area contributed by atoms with E-state index in [0.29, 0.717) is 30.3 Å². The molecular weight excluding hydrogens is 450 g/mol. The van der Waals surface area contributed by atoms with E-state index in [9.17, 15) is 9.59 Å². The average Bonchev–Trinajstić information content (AvgIpc) is 3.35. The molecule has 0 unspecified atom stereocenters. The maximum Gasteiger partial charge on any atom is 0.322 e. The summed E-state index contributed by atoms with van der Waals surface area (Å²) in [6.45, 7) is 4.70. The molecule has 0 bridgehead atoms. The van der Waals surface area contributed by atoms with E-state index in [4.69, 9.17) is 9.47 Å². The zero-order chi connectivity index (χ0) is 24.5. The van der Waals surface area contributed by atoms with E-state index in [2.05, 4.69) is 5.32 Å². The molecule has 0 aliphatic rings. The Labute approximate surface area is 204 Å². The summed E-state index contributed by atoms with van der Waals surface area (Å²) in [5.74, 6) is 1.00. The van der Waals surface area contributed by atoms with Crippen LogP contribution in [-0.4, -0.2) is 48.5 Å². The second kappa shape index (κ2) is 12.1. The van der Waals surface area contributed by atoms with Crippen LogP contribution in [0, 0.1) is 0 Å². The Balaban J connectivity index is 1.76. The Morgan fingerprint density at radius 3 is 2.18 bits per heavy atom. The van der Waals surface area contributed by atoms with Crippen molar-refractivity contribution in [2.24, 2.45) is 0 Å². The fourth-order valence-electron chi connectivity index (χ4n) is 3.44. The topological polar surface area (TPSA) is 71.1 Å². The third-order valence-electron chi connectivity index (χ3n) is 5.29. The molecule has 0 aliphatic heterocycles. The highest BCUT2D eigenvalue weighted by atomic mass is 32.1. The van der Waals surface area contributed by atoms with Crippen molar-refractivity contribution in [2.75, 3.05) is 26.1 Å². The number of anilines is 1. The Hall–Kier alpha value is -3.52. The molecule has 2 aromatic carbocycles. The summed E-state index contributed by atoms with van der Waals surface area (Å²) >= 11 is 1.61. The molecule has 0 atom stereocenters. The normalized spacial score (nSPS) is 10.6. The van der Waals surface area contributed by atoms with Gasteiger partial charge < -0.3 is 24.6 Å². The highest BCUT2D eigenvalue weighted by Crippen LogP contribution is 2.26. The Morgan fingerprint density at radius 2 is 1.62 bits per heavy atom. The molecular formula is C26H31N3O4S. The molecule has 0 saturated carbocycles. The molecule has 3 rings (SSSR count). The number of nitrogens with one attached hydrogen (secondary N) is 1. The van der Waals surface area contributed by atoms with Crippen LogP contribution in [0.4, 0.5) is 10.5 Å². The van der Waals surface area contributed by atoms with Gasteiger partial charge in [0, 0.05) is 41.4 Å². The van der Waals surface area contributed by atoms with Gasteiger partial charge in [0.2, 0.25) is 5.91 Å². The number of rotatable bonds is 10. The summed E-state index contributed by atoms with van der Waals surface area (Å²) in [5, 5.41) is 4.87. The van der Waals surface area contributed by atoms with Gasteiger partial charge in [-0.1, -0.05) is 36.4 Å². The van der Waals surface area contributed by atoms with Crippen molar-refractivity contribution in [3.05, 3.63) is 76.5 Å². The summed E-state index contributed by atoms with van der Waals surface area (Å²) in [5.41, 5.74) is 1.57. The molecule has 3 aromatic rings. The molecule has 1 N–H and O–H groups in total. The van der Waals surface area contributed by atoms with Crippen molar-refractivity contribution >= 4 is 29.0 Å². The molecule has 0 aliphatic carbocycles. The minimum atomic E-state index is -0.366. The van der Waals surface area contributed by atoms with Gasteiger partial charge in [-0.05, 0) is 30.9 Å². The van der Waals surface area contributed by atoms with Crippen LogP contribution in [0.1, 0.15) is 24.3 Å². The Kier molecular flexibility index (Phi) is 8.93. The van der Waals surface area contributed by atoms with Crippen molar-refractivity contribution in [3.8, 4) is 11.5 Å². The van der Waals surface area contributed by atoms with Gasteiger partial charge in [-0.25, -0.2) is 4.79 Å². The zero-order valence-corrected chi connectivity index (χ0v) is 20.8. The predicted octanol–water partition coefficient (Wildman–Crippen LogP) is 5.24. The minimum Gasteiger partial charge on any atom is -0.497 e. The molecule has 7 nitrogen and oxygen atoms in total. The van der Waals surface area contributed by atoms with Crippen LogP contribution in [0.2, 0.25) is 0 Å². The molecule has 8 heteroatoms. The highest BCUT2D eigenvalue weighted by Gasteiger charge is 2.24. The number of ether oxygens (including phenoxy) is 2. The van der Waals surface area contributed by atoms with Crippen molar-refractivity contribution in [3.63, 3.8) is 0 Å². The number of hydrogen-bond donors (Lipinski definition) is 1. The van der Waals surface area contributed by atoms with E-state index in [1.165, 1.54) is 4.90 Å². The van der Waals surface area contributed by atoms with Crippen LogP contribution in [0.3, 0.4) is 0 Å². The summed E-state index contributed by atoms with van der Waals surface area (Å²) < 4.78 is 10.6. The quantitative estimate of drug-likeness (QED) is 0.430. The molecule has 3 amide bonds. The first kappa shape index (κ1) is 25.1. The Morgan fingerprint density at radius 1 is 0.941 bits per heavy atom. The number of thiophene rings is 1. The largest absolute Gasteiger partial charge is 0.497 e. The Bertz CT molecular complexity index is 1050. The molecule has 1 heterocycles. The molecule has 0 spiro atoms. The summed E-state index contributed by atoms with van der Waals surface area (Å²) in [6, 6.07) is 18.4. The lowest BCUT2D eigenvalue weighted by atomic mass is 10.2. The lowest BCUT2D eigenvalue weighted by Gasteiger charge is -2.30. The average molecular weight is 482 g/mol. The molecule has 1 aromatic heterocycles. The van der Waals surface area contributed by atoms with Crippen LogP contribution in [0.25, 0.3) is 0 Å². The molecule has 0 fully saturated rings. The summed E-state index contributed by atoms with van der Waals surface area (Å²) in [7, 11) is 3.10. The van der Waals surface area contributed by atoms with E-state index in [-0.39, 0.29) is 24.5 Å². The van der Waals surface area contributed by atoms with E-state index in [0.717, 1.165) is 10.4 Å². The second-order valence-corrected chi connectivity index (χ2v) is 9.10. The number of carbonyl (C=O) groups is 2. The third kappa shape index (κ3) is 6.99. The fourth-order valence-corrected chi connectivity index (χ4v) is 4.16. The SMILES string of the molecule is COc1cc(NC(=O)N(CC(=O)N(Cc2ccccc2)Cc2cccs2)C(C)C)cc(OC)c1. The summed E-state index contributed by atoms with van der Waals surface area (Å²) in [4.78, 5) is 31.0. The number of benzene rings is 2. The van der Waals surface area contributed by atoms with Crippen LogP contribution < -0.4 is 14.8 Å². The van der Waals surface area contributed by atoms with Crippen molar-refractivity contribution < 1.29 is 19.1 Å². The van der Waals surface area contributed by atoms with Gasteiger partial charge in [0.15, 0.2) is 0 Å². The monoisotopic (exact) mass is 481 g/mol. The zero-order valence-electron chi connectivity index (χ0n) is 20.0. The maximum absolute atomic E-state index is 13.4. The second-order valence-electron chi connectivity index (χ2n) is 8.07. The number of methoxy groups -OCH3 is 2. The molecule has 34 heavy (non-hydrogen) atoms. The molecule has 0 saturated heterocycles. The number of urea groups is 1. The summed E-state index contributed by atoms with van der Waals surface area (Å²) in [6.07, 6.45) is 0. The number of nitrogens with zero attached hydrogens (tertiary/aromatic N) is 2. The number of carbonyl (C=O) groups excluding carboxylic acids is 2. The molecule has 180 valence electrons. The van der Waals surface area contributed by atoms with Gasteiger partial charge >= 0.3 is 6.03 Å². The van der Waals surface area contributed by atoms with Crippen LogP contribution in [-0.2, 0) is 17.9 Å². The van der Waals surface area contributed by atoms with Gasteiger partial charge in [-0.15, -0.1) is 11.3 Å². The highest BCUT2D eigenvalue weighted by molar-refractivity contribution is 7.09. The minimum absolute atomic E-state index is 0.0389. The lowest BCUT2D eigenvalue weighted by Crippen LogP contribution is -2.47.